The molecule has 2 N–H and O–H groups in total. The maximum Gasteiger partial charge on any atom is 0.123 e. The minimum absolute atomic E-state index is 0.319. The van der Waals surface area contributed by atoms with Crippen molar-refractivity contribution in [2.24, 2.45) is 0 Å². The van der Waals surface area contributed by atoms with Gasteiger partial charge in [0.1, 0.15) is 5.82 Å². The molecule has 1 unspecified atom stereocenters. The molecule has 1 atom stereocenters. The molecule has 1 aliphatic rings. The fraction of sp³-hybridized carbons (Fsp3) is 0.231. The van der Waals surface area contributed by atoms with E-state index >= 15 is 0 Å². The van der Waals surface area contributed by atoms with Crippen LogP contribution < -0.4 is 5.73 Å². The van der Waals surface area contributed by atoms with Crippen molar-refractivity contribution in [3.05, 3.63) is 53.5 Å². The van der Waals surface area contributed by atoms with Crippen LogP contribution in [-0.2, 0) is 6.42 Å². The van der Waals surface area contributed by atoms with Gasteiger partial charge in [-0.05, 0) is 36.6 Å². The molecule has 0 saturated heterocycles. The minimum atomic E-state index is 0.319. The molecule has 0 spiro atoms. The van der Waals surface area contributed by atoms with Crippen molar-refractivity contribution in [2.45, 2.75) is 18.8 Å². The summed E-state index contributed by atoms with van der Waals surface area (Å²) < 4.78 is 0. The van der Waals surface area contributed by atoms with Gasteiger partial charge in [0.15, 0.2) is 0 Å². The third-order valence-corrected chi connectivity index (χ3v) is 3.11. The first-order valence-electron chi connectivity index (χ1n) is 5.51. The number of rotatable bonds is 1. The number of fused-ring (bicyclic) bond motifs is 1. The van der Waals surface area contributed by atoms with Gasteiger partial charge in [0.2, 0.25) is 0 Å². The lowest BCUT2D eigenvalue weighted by Crippen LogP contribution is -2.03. The Labute approximate surface area is 94.4 Å². The van der Waals surface area contributed by atoms with E-state index < -0.39 is 0 Å². The predicted octanol–water partition coefficient (Wildman–Crippen LogP) is 2.14. The molecule has 3 rings (SSSR count). The van der Waals surface area contributed by atoms with Crippen molar-refractivity contribution in [1.82, 2.24) is 9.97 Å². The van der Waals surface area contributed by atoms with Crippen LogP contribution >= 0.6 is 0 Å². The van der Waals surface area contributed by atoms with Crippen molar-refractivity contribution in [2.75, 3.05) is 5.73 Å². The molecular weight excluding hydrogens is 198 g/mol. The summed E-state index contributed by atoms with van der Waals surface area (Å²) in [5, 5.41) is 0. The van der Waals surface area contributed by atoms with Gasteiger partial charge in [0.25, 0.3) is 0 Å². The number of nitrogen functional groups attached to an aromatic ring is 1. The number of nitrogens with zero attached hydrogens (tertiary/aromatic N) is 2. The SMILES string of the molecule is Nc1cccc(C2CCc3cccnc32)n1. The van der Waals surface area contributed by atoms with E-state index in [9.17, 15) is 0 Å². The quantitative estimate of drug-likeness (QED) is 0.786. The third-order valence-electron chi connectivity index (χ3n) is 3.11. The van der Waals surface area contributed by atoms with Crippen LogP contribution in [0.25, 0.3) is 0 Å². The number of anilines is 1. The smallest absolute Gasteiger partial charge is 0.123 e. The van der Waals surface area contributed by atoms with Crippen molar-refractivity contribution in [3.63, 3.8) is 0 Å². The number of pyridine rings is 2. The average molecular weight is 211 g/mol. The van der Waals surface area contributed by atoms with E-state index in [-0.39, 0.29) is 0 Å². The third kappa shape index (κ3) is 1.45. The minimum Gasteiger partial charge on any atom is -0.384 e. The van der Waals surface area contributed by atoms with Gasteiger partial charge in [-0.2, -0.15) is 0 Å². The molecule has 3 heteroatoms. The van der Waals surface area contributed by atoms with Gasteiger partial charge in [-0.3, -0.25) is 4.98 Å². The van der Waals surface area contributed by atoms with E-state index in [0.29, 0.717) is 11.7 Å². The summed E-state index contributed by atoms with van der Waals surface area (Å²) in [5.41, 5.74) is 9.27. The lowest BCUT2D eigenvalue weighted by molar-refractivity contribution is 0.747. The first-order valence-corrected chi connectivity index (χ1v) is 5.51. The second kappa shape index (κ2) is 3.59. The Morgan fingerprint density at radius 1 is 1.19 bits per heavy atom. The molecule has 0 aromatic carbocycles. The second-order valence-electron chi connectivity index (χ2n) is 4.13. The van der Waals surface area contributed by atoms with Gasteiger partial charge in [0.05, 0.1) is 11.4 Å². The van der Waals surface area contributed by atoms with E-state index in [0.717, 1.165) is 18.5 Å². The standard InChI is InChI=1S/C13H13N3/c14-12-5-1-4-11(16-12)10-7-6-9-3-2-8-15-13(9)10/h1-5,8,10H,6-7H2,(H2,14,16). The van der Waals surface area contributed by atoms with Gasteiger partial charge in [0, 0.05) is 12.1 Å². The van der Waals surface area contributed by atoms with Crippen molar-refractivity contribution >= 4 is 5.82 Å². The van der Waals surface area contributed by atoms with Crippen LogP contribution in [0.15, 0.2) is 36.5 Å². The van der Waals surface area contributed by atoms with E-state index in [2.05, 4.69) is 16.0 Å². The Balaban J connectivity index is 2.05. The lowest BCUT2D eigenvalue weighted by Gasteiger charge is -2.10. The predicted molar refractivity (Wildman–Crippen MR) is 63.1 cm³/mol. The maximum atomic E-state index is 5.71. The Bertz CT molecular complexity index is 522. The molecule has 16 heavy (non-hydrogen) atoms. The number of aryl methyl sites for hydroxylation is 1. The molecule has 0 radical (unpaired) electrons. The fourth-order valence-corrected chi connectivity index (χ4v) is 2.36. The number of hydrogen-bond donors (Lipinski definition) is 1. The first-order chi connectivity index (χ1) is 7.84. The molecule has 0 amide bonds. The molecule has 0 fully saturated rings. The van der Waals surface area contributed by atoms with E-state index in [1.165, 1.54) is 11.3 Å². The number of hydrogen-bond acceptors (Lipinski definition) is 3. The highest BCUT2D eigenvalue weighted by Crippen LogP contribution is 2.35. The van der Waals surface area contributed by atoms with Gasteiger partial charge in [-0.1, -0.05) is 12.1 Å². The largest absolute Gasteiger partial charge is 0.384 e. The van der Waals surface area contributed by atoms with Crippen LogP contribution in [-0.4, -0.2) is 9.97 Å². The molecular formula is C13H13N3. The Kier molecular flexibility index (Phi) is 2.10. The normalized spacial score (nSPS) is 18.4. The zero-order chi connectivity index (χ0) is 11.0. The topological polar surface area (TPSA) is 51.8 Å². The Morgan fingerprint density at radius 2 is 2.12 bits per heavy atom. The highest BCUT2D eigenvalue weighted by Gasteiger charge is 2.25. The average Bonchev–Trinajstić information content (AvgIpc) is 2.72. The summed E-state index contributed by atoms with van der Waals surface area (Å²) in [4.78, 5) is 8.86. The van der Waals surface area contributed by atoms with E-state index in [4.69, 9.17) is 5.73 Å². The molecule has 2 aromatic rings. The molecule has 1 aliphatic carbocycles. The Hall–Kier alpha value is -1.90. The van der Waals surface area contributed by atoms with Crippen molar-refractivity contribution < 1.29 is 0 Å². The molecule has 0 aliphatic heterocycles. The maximum absolute atomic E-state index is 5.71. The molecule has 2 heterocycles. The molecule has 80 valence electrons. The summed E-state index contributed by atoms with van der Waals surface area (Å²) in [6.45, 7) is 0. The van der Waals surface area contributed by atoms with Crippen LogP contribution in [0.2, 0.25) is 0 Å². The van der Waals surface area contributed by atoms with Gasteiger partial charge < -0.3 is 5.73 Å². The monoisotopic (exact) mass is 211 g/mol. The summed E-state index contributed by atoms with van der Waals surface area (Å²) in [7, 11) is 0. The van der Waals surface area contributed by atoms with E-state index in [1.54, 1.807) is 0 Å². The zero-order valence-corrected chi connectivity index (χ0v) is 8.93. The van der Waals surface area contributed by atoms with E-state index in [1.807, 2.05) is 30.5 Å². The van der Waals surface area contributed by atoms with Crippen LogP contribution in [0.1, 0.15) is 29.3 Å². The molecule has 0 saturated carbocycles. The summed E-state index contributed by atoms with van der Waals surface area (Å²) in [5.74, 6) is 0.904. The van der Waals surface area contributed by atoms with Gasteiger partial charge in [-0.15, -0.1) is 0 Å². The zero-order valence-electron chi connectivity index (χ0n) is 8.93. The van der Waals surface area contributed by atoms with Crippen LogP contribution in [0.5, 0.6) is 0 Å². The summed E-state index contributed by atoms with van der Waals surface area (Å²) in [6, 6.07) is 9.95. The summed E-state index contributed by atoms with van der Waals surface area (Å²) in [6.07, 6.45) is 4.02. The van der Waals surface area contributed by atoms with Crippen molar-refractivity contribution in [1.29, 1.82) is 0 Å². The number of aromatic nitrogens is 2. The van der Waals surface area contributed by atoms with Crippen molar-refractivity contribution in [3.8, 4) is 0 Å². The van der Waals surface area contributed by atoms with Crippen LogP contribution in [0.4, 0.5) is 5.82 Å². The number of nitrogens with two attached hydrogens (primary N) is 1. The Morgan fingerprint density at radius 3 is 3.00 bits per heavy atom. The highest BCUT2D eigenvalue weighted by molar-refractivity contribution is 5.38. The first kappa shape index (κ1) is 9.33. The highest BCUT2D eigenvalue weighted by atomic mass is 14.9. The molecule has 0 bridgehead atoms. The lowest BCUT2D eigenvalue weighted by atomic mass is 10.0. The fourth-order valence-electron chi connectivity index (χ4n) is 2.36. The van der Waals surface area contributed by atoms with Crippen LogP contribution in [0, 0.1) is 0 Å². The molecule has 3 nitrogen and oxygen atoms in total. The second-order valence-corrected chi connectivity index (χ2v) is 4.13. The van der Waals surface area contributed by atoms with Crippen LogP contribution in [0.3, 0.4) is 0 Å². The molecule has 2 aromatic heterocycles. The van der Waals surface area contributed by atoms with Gasteiger partial charge >= 0.3 is 0 Å². The summed E-state index contributed by atoms with van der Waals surface area (Å²) >= 11 is 0. The van der Waals surface area contributed by atoms with Gasteiger partial charge in [-0.25, -0.2) is 4.98 Å².